The van der Waals surface area contributed by atoms with Gasteiger partial charge >= 0.3 is 0 Å². The van der Waals surface area contributed by atoms with Crippen LogP contribution in [0.15, 0.2) is 40.9 Å². The second-order valence-corrected chi connectivity index (χ2v) is 7.71. The zero-order valence-electron chi connectivity index (χ0n) is 15.2. The summed E-state index contributed by atoms with van der Waals surface area (Å²) in [5, 5.41) is 2.72. The Hall–Kier alpha value is -2.08. The summed E-state index contributed by atoms with van der Waals surface area (Å²) < 4.78 is 3.21. The van der Waals surface area contributed by atoms with Crippen molar-refractivity contribution in [1.29, 1.82) is 0 Å². The Labute approximate surface area is 162 Å². The predicted octanol–water partition coefficient (Wildman–Crippen LogP) is 3.46. The number of hydrogen-bond donors (Lipinski definition) is 1. The van der Waals surface area contributed by atoms with Gasteiger partial charge in [-0.15, -0.1) is 0 Å². The number of halogens is 1. The highest BCUT2D eigenvalue weighted by molar-refractivity contribution is 9.10. The molecule has 0 bridgehead atoms. The highest BCUT2D eigenvalue weighted by Crippen LogP contribution is 2.26. The van der Waals surface area contributed by atoms with Gasteiger partial charge in [0.15, 0.2) is 0 Å². The van der Waals surface area contributed by atoms with Gasteiger partial charge in [0, 0.05) is 40.6 Å². The molecule has 1 aromatic heterocycles. The minimum Gasteiger partial charge on any atom is -0.346 e. The summed E-state index contributed by atoms with van der Waals surface area (Å²) in [7, 11) is 0. The van der Waals surface area contributed by atoms with Gasteiger partial charge in [-0.05, 0) is 57.0 Å². The molecule has 0 atom stereocenters. The maximum absolute atomic E-state index is 12.4. The Morgan fingerprint density at radius 3 is 2.38 bits per heavy atom. The Morgan fingerprint density at radius 1 is 1.12 bits per heavy atom. The highest BCUT2D eigenvalue weighted by atomic mass is 79.9. The Bertz CT molecular complexity index is 788. The average Bonchev–Trinajstić information content (AvgIpc) is 2.98. The molecule has 26 heavy (non-hydrogen) atoms. The van der Waals surface area contributed by atoms with Crippen molar-refractivity contribution in [3.63, 3.8) is 0 Å². The molecule has 1 fully saturated rings. The van der Waals surface area contributed by atoms with Crippen LogP contribution in [0.1, 0.15) is 40.6 Å². The number of benzene rings is 1. The van der Waals surface area contributed by atoms with Gasteiger partial charge in [0.2, 0.25) is 5.91 Å². The first-order valence-corrected chi connectivity index (χ1v) is 9.71. The van der Waals surface area contributed by atoms with E-state index >= 15 is 0 Å². The molecule has 0 saturated carbocycles. The van der Waals surface area contributed by atoms with Gasteiger partial charge in [0.25, 0.3) is 5.91 Å². The van der Waals surface area contributed by atoms with E-state index in [0.29, 0.717) is 11.6 Å². The highest BCUT2D eigenvalue weighted by Gasteiger charge is 2.25. The fourth-order valence-electron chi connectivity index (χ4n) is 3.63. The van der Waals surface area contributed by atoms with Crippen molar-refractivity contribution in [2.24, 2.45) is 0 Å². The SMILES string of the molecule is Cc1ccc(C)n1C1CCN(C(=O)CNC(=O)c2cccc(Br)c2)CC1. The Kier molecular flexibility index (Phi) is 5.81. The second kappa shape index (κ2) is 8.08. The first-order valence-electron chi connectivity index (χ1n) is 8.91. The largest absolute Gasteiger partial charge is 0.346 e. The molecule has 1 aromatic carbocycles. The lowest BCUT2D eigenvalue weighted by Crippen LogP contribution is -2.44. The molecular weight excluding hydrogens is 394 g/mol. The molecule has 2 amide bonds. The quantitative estimate of drug-likeness (QED) is 0.827. The lowest BCUT2D eigenvalue weighted by atomic mass is 10.0. The van der Waals surface area contributed by atoms with E-state index < -0.39 is 0 Å². The number of nitrogens with one attached hydrogen (secondary N) is 1. The minimum absolute atomic E-state index is 0.0206. The molecule has 0 spiro atoms. The van der Waals surface area contributed by atoms with Gasteiger partial charge < -0.3 is 14.8 Å². The number of nitrogens with zero attached hydrogens (tertiary/aromatic N) is 2. The zero-order chi connectivity index (χ0) is 18.7. The Balaban J connectivity index is 1.50. The van der Waals surface area contributed by atoms with Crippen LogP contribution in [0.3, 0.4) is 0 Å². The van der Waals surface area contributed by atoms with E-state index in [4.69, 9.17) is 0 Å². The molecule has 1 aliphatic heterocycles. The maximum Gasteiger partial charge on any atom is 0.251 e. The van der Waals surface area contributed by atoms with Crippen molar-refractivity contribution in [1.82, 2.24) is 14.8 Å². The first kappa shape index (κ1) is 18.7. The van der Waals surface area contributed by atoms with Crippen molar-refractivity contribution >= 4 is 27.7 Å². The lowest BCUT2D eigenvalue weighted by molar-refractivity contribution is -0.131. The van der Waals surface area contributed by atoms with Gasteiger partial charge in [0.05, 0.1) is 6.54 Å². The zero-order valence-corrected chi connectivity index (χ0v) is 16.8. The van der Waals surface area contributed by atoms with Crippen molar-refractivity contribution in [3.8, 4) is 0 Å². The van der Waals surface area contributed by atoms with E-state index in [1.165, 1.54) is 11.4 Å². The topological polar surface area (TPSA) is 54.3 Å². The van der Waals surface area contributed by atoms with Crippen LogP contribution in [0.2, 0.25) is 0 Å². The summed E-state index contributed by atoms with van der Waals surface area (Å²) in [5.41, 5.74) is 3.09. The van der Waals surface area contributed by atoms with Gasteiger partial charge in [-0.2, -0.15) is 0 Å². The monoisotopic (exact) mass is 417 g/mol. The smallest absolute Gasteiger partial charge is 0.251 e. The molecule has 0 unspecified atom stereocenters. The predicted molar refractivity (Wildman–Crippen MR) is 105 cm³/mol. The molecule has 0 radical (unpaired) electrons. The number of carbonyl (C=O) groups is 2. The second-order valence-electron chi connectivity index (χ2n) is 6.79. The third-order valence-electron chi connectivity index (χ3n) is 5.00. The maximum atomic E-state index is 12.4. The number of carbonyl (C=O) groups excluding carboxylic acids is 2. The molecule has 1 aliphatic rings. The van der Waals surface area contributed by atoms with Gasteiger partial charge in [0.1, 0.15) is 0 Å². The summed E-state index contributed by atoms with van der Waals surface area (Å²) >= 11 is 3.35. The first-order chi connectivity index (χ1) is 12.5. The number of piperidine rings is 1. The fraction of sp³-hybridized carbons (Fsp3) is 0.400. The van der Waals surface area contributed by atoms with Crippen molar-refractivity contribution in [2.75, 3.05) is 19.6 Å². The summed E-state index contributed by atoms with van der Waals surface area (Å²) in [5.74, 6) is -0.249. The number of hydrogen-bond acceptors (Lipinski definition) is 2. The van der Waals surface area contributed by atoms with Crippen LogP contribution in [0.4, 0.5) is 0 Å². The van der Waals surface area contributed by atoms with Gasteiger partial charge in [-0.1, -0.05) is 22.0 Å². The van der Waals surface area contributed by atoms with Crippen LogP contribution < -0.4 is 5.32 Å². The van der Waals surface area contributed by atoms with E-state index in [0.717, 1.165) is 30.4 Å². The lowest BCUT2D eigenvalue weighted by Gasteiger charge is -2.34. The van der Waals surface area contributed by atoms with E-state index in [2.05, 4.69) is 51.8 Å². The fourth-order valence-corrected chi connectivity index (χ4v) is 4.03. The number of aromatic nitrogens is 1. The van der Waals surface area contributed by atoms with Crippen LogP contribution >= 0.6 is 15.9 Å². The molecule has 138 valence electrons. The summed E-state index contributed by atoms with van der Waals surface area (Å²) in [4.78, 5) is 26.4. The van der Waals surface area contributed by atoms with Crippen LogP contribution in [0.25, 0.3) is 0 Å². The number of rotatable bonds is 4. The van der Waals surface area contributed by atoms with E-state index in [9.17, 15) is 9.59 Å². The van der Waals surface area contributed by atoms with E-state index in [1.807, 2.05) is 11.0 Å². The van der Waals surface area contributed by atoms with Gasteiger partial charge in [-0.3, -0.25) is 9.59 Å². The van der Waals surface area contributed by atoms with Crippen LogP contribution in [-0.4, -0.2) is 40.9 Å². The van der Waals surface area contributed by atoms with Crippen molar-refractivity contribution < 1.29 is 9.59 Å². The van der Waals surface area contributed by atoms with Crippen LogP contribution in [-0.2, 0) is 4.79 Å². The van der Waals surface area contributed by atoms with E-state index in [-0.39, 0.29) is 18.4 Å². The summed E-state index contributed by atoms with van der Waals surface area (Å²) in [6.07, 6.45) is 1.89. The third-order valence-corrected chi connectivity index (χ3v) is 5.49. The molecular formula is C20H24BrN3O2. The Morgan fingerprint density at radius 2 is 1.77 bits per heavy atom. The molecule has 2 heterocycles. The van der Waals surface area contributed by atoms with Crippen molar-refractivity contribution in [3.05, 3.63) is 57.8 Å². The number of likely N-dealkylation sites (tertiary alicyclic amines) is 1. The molecule has 5 nitrogen and oxygen atoms in total. The minimum atomic E-state index is -0.229. The number of amides is 2. The normalized spacial score (nSPS) is 15.1. The van der Waals surface area contributed by atoms with E-state index in [1.54, 1.807) is 18.2 Å². The summed E-state index contributed by atoms with van der Waals surface area (Å²) in [6.45, 7) is 5.75. The third kappa shape index (κ3) is 4.18. The molecule has 1 saturated heterocycles. The van der Waals surface area contributed by atoms with Crippen LogP contribution in [0.5, 0.6) is 0 Å². The molecule has 0 aliphatic carbocycles. The molecule has 2 aromatic rings. The standard InChI is InChI=1S/C20H24BrN3O2/c1-14-6-7-15(2)24(14)18-8-10-23(11-9-18)19(25)13-22-20(26)16-4-3-5-17(21)12-16/h3-7,12,18H,8-11,13H2,1-2H3,(H,22,26). The average molecular weight is 418 g/mol. The van der Waals surface area contributed by atoms with Crippen molar-refractivity contribution in [2.45, 2.75) is 32.7 Å². The van der Waals surface area contributed by atoms with Crippen LogP contribution in [0, 0.1) is 13.8 Å². The summed E-state index contributed by atoms with van der Waals surface area (Å²) in [6, 6.07) is 11.9. The molecule has 3 rings (SSSR count). The van der Waals surface area contributed by atoms with Gasteiger partial charge in [-0.25, -0.2) is 0 Å². The number of aryl methyl sites for hydroxylation is 2. The molecule has 1 N–H and O–H groups in total. The molecule has 6 heteroatoms.